The van der Waals surface area contributed by atoms with Gasteiger partial charge >= 0.3 is 11.9 Å². The number of carbonyl (C=O) groups is 2. The number of nitrogens with one attached hydrogen (secondary N) is 1. The Labute approximate surface area is 141 Å². The fourth-order valence-corrected chi connectivity index (χ4v) is 2.43. The van der Waals surface area contributed by atoms with E-state index >= 15 is 0 Å². The molecule has 0 heterocycles. The minimum Gasteiger partial charge on any atom is -0.481 e. The van der Waals surface area contributed by atoms with E-state index in [2.05, 4.69) is 0 Å². The Kier molecular flexibility index (Phi) is 6.33. The van der Waals surface area contributed by atoms with Crippen LogP contribution in [0.15, 0.2) is 24.3 Å². The smallest absolute Gasteiger partial charge is 0.352 e. The summed E-state index contributed by atoms with van der Waals surface area (Å²) < 4.78 is 5.19. The predicted molar refractivity (Wildman–Crippen MR) is 89.2 cm³/mol. The van der Waals surface area contributed by atoms with Crippen molar-refractivity contribution in [2.45, 2.75) is 45.6 Å². The summed E-state index contributed by atoms with van der Waals surface area (Å²) in [6.07, 6.45) is 0.331. The van der Waals surface area contributed by atoms with Gasteiger partial charge in [0.25, 0.3) is 0 Å². The van der Waals surface area contributed by atoms with Crippen molar-refractivity contribution in [2.24, 2.45) is 5.92 Å². The summed E-state index contributed by atoms with van der Waals surface area (Å²) in [5.74, 6) is -3.65. The van der Waals surface area contributed by atoms with Crippen LogP contribution in [-0.2, 0) is 14.3 Å². The third-order valence-electron chi connectivity index (χ3n) is 3.33. The number of esters is 1. The second-order valence-electron chi connectivity index (χ2n) is 6.30. The maximum Gasteiger partial charge on any atom is 0.352 e. The van der Waals surface area contributed by atoms with Gasteiger partial charge in [-0.25, -0.2) is 4.79 Å². The molecule has 5 nitrogen and oxygen atoms in total. The monoisotopic (exact) mass is 339 g/mol. The first-order valence-electron chi connectivity index (χ1n) is 7.37. The molecule has 0 aliphatic rings. The number of carbonyl (C=O) groups excluding carboxylic acids is 1. The molecular weight excluding hydrogens is 318 g/mol. The highest BCUT2D eigenvalue weighted by Gasteiger charge is 2.36. The molecule has 1 aromatic rings. The molecule has 0 aliphatic carbocycles. The van der Waals surface area contributed by atoms with E-state index < -0.39 is 29.4 Å². The third-order valence-corrected chi connectivity index (χ3v) is 3.58. The van der Waals surface area contributed by atoms with Crippen LogP contribution >= 0.6 is 11.6 Å². The van der Waals surface area contributed by atoms with Crippen LogP contribution in [0.25, 0.3) is 0 Å². The van der Waals surface area contributed by atoms with Crippen LogP contribution in [0.2, 0.25) is 5.02 Å². The molecule has 0 bridgehead atoms. The molecule has 0 spiro atoms. The maximum absolute atomic E-state index is 12.1. The Morgan fingerprint density at radius 2 is 1.78 bits per heavy atom. The van der Waals surface area contributed by atoms with Crippen molar-refractivity contribution < 1.29 is 19.4 Å². The molecule has 23 heavy (non-hydrogen) atoms. The first-order chi connectivity index (χ1) is 10.6. The standard InChI is InChI=1S/C17H22ClNO4/c1-5-12(14(19)16(22)23-17(2,3)4)13(15(20)21)10-6-8-11(18)9-7-10/h6-9,12-13,19H,5H2,1-4H3,(H,20,21)/t12-,13+/m0/s1. The predicted octanol–water partition coefficient (Wildman–Crippen LogP) is 3.90. The molecule has 0 unspecified atom stereocenters. The lowest BCUT2D eigenvalue weighted by Crippen LogP contribution is -2.36. The molecule has 6 heteroatoms. The SMILES string of the molecule is CC[C@H](C(=N)C(=O)OC(C)(C)C)[C@H](C(=O)O)c1ccc(Cl)cc1. The number of hydrogen-bond acceptors (Lipinski definition) is 4. The van der Waals surface area contributed by atoms with Crippen LogP contribution < -0.4 is 0 Å². The van der Waals surface area contributed by atoms with Crippen LogP contribution in [0.4, 0.5) is 0 Å². The van der Waals surface area contributed by atoms with Crippen molar-refractivity contribution >= 4 is 29.3 Å². The molecular formula is C17H22ClNO4. The normalized spacial score (nSPS) is 14.0. The minimum atomic E-state index is -1.09. The van der Waals surface area contributed by atoms with E-state index in [1.165, 1.54) is 0 Å². The maximum atomic E-state index is 12.1. The molecule has 0 saturated heterocycles. The van der Waals surface area contributed by atoms with E-state index in [1.807, 2.05) is 0 Å². The van der Waals surface area contributed by atoms with Crippen LogP contribution in [-0.4, -0.2) is 28.4 Å². The fourth-order valence-electron chi connectivity index (χ4n) is 2.31. The van der Waals surface area contributed by atoms with Crippen LogP contribution in [0, 0.1) is 11.3 Å². The summed E-state index contributed by atoms with van der Waals surface area (Å²) in [5, 5.41) is 18.2. The summed E-state index contributed by atoms with van der Waals surface area (Å²) in [6.45, 7) is 6.85. The van der Waals surface area contributed by atoms with Crippen LogP contribution in [0.3, 0.4) is 0 Å². The molecule has 126 valence electrons. The zero-order valence-electron chi connectivity index (χ0n) is 13.7. The number of ether oxygens (including phenoxy) is 1. The van der Waals surface area contributed by atoms with Crippen molar-refractivity contribution in [3.63, 3.8) is 0 Å². The molecule has 1 rings (SSSR count). The highest BCUT2D eigenvalue weighted by atomic mass is 35.5. The van der Waals surface area contributed by atoms with Crippen LogP contribution in [0.5, 0.6) is 0 Å². The molecule has 1 aromatic carbocycles. The van der Waals surface area contributed by atoms with Gasteiger partial charge in [0.2, 0.25) is 0 Å². The number of carboxylic acids is 1. The summed E-state index contributed by atoms with van der Waals surface area (Å²) in [5.41, 5.74) is -0.562. The molecule has 0 radical (unpaired) electrons. The number of hydrogen-bond donors (Lipinski definition) is 2. The summed E-state index contributed by atoms with van der Waals surface area (Å²) >= 11 is 5.83. The molecule has 0 aromatic heterocycles. The summed E-state index contributed by atoms with van der Waals surface area (Å²) in [7, 11) is 0. The van der Waals surface area contributed by atoms with Gasteiger partial charge in [0.05, 0.1) is 5.92 Å². The Balaban J connectivity index is 3.12. The van der Waals surface area contributed by atoms with E-state index in [0.29, 0.717) is 17.0 Å². The van der Waals surface area contributed by atoms with Gasteiger partial charge in [-0.3, -0.25) is 10.2 Å². The van der Waals surface area contributed by atoms with Crippen molar-refractivity contribution in [1.82, 2.24) is 0 Å². The van der Waals surface area contributed by atoms with E-state index in [4.69, 9.17) is 21.7 Å². The van der Waals surface area contributed by atoms with Gasteiger partial charge < -0.3 is 9.84 Å². The van der Waals surface area contributed by atoms with Gasteiger partial charge in [0.15, 0.2) is 0 Å². The first-order valence-corrected chi connectivity index (χ1v) is 7.74. The molecule has 2 N–H and O–H groups in total. The second kappa shape index (κ2) is 7.59. The first kappa shape index (κ1) is 19.2. The average Bonchev–Trinajstić information content (AvgIpc) is 2.43. The minimum absolute atomic E-state index is 0.329. The van der Waals surface area contributed by atoms with Gasteiger partial charge in [-0.15, -0.1) is 0 Å². The van der Waals surface area contributed by atoms with Crippen LogP contribution in [0.1, 0.15) is 45.6 Å². The fraction of sp³-hybridized carbons (Fsp3) is 0.471. The lowest BCUT2D eigenvalue weighted by Gasteiger charge is -2.26. The quantitative estimate of drug-likeness (QED) is 0.607. The van der Waals surface area contributed by atoms with Crippen molar-refractivity contribution in [3.05, 3.63) is 34.9 Å². The lowest BCUT2D eigenvalue weighted by atomic mass is 9.81. The van der Waals surface area contributed by atoms with Gasteiger partial charge in [-0.05, 0) is 44.9 Å². The number of benzene rings is 1. The highest BCUT2D eigenvalue weighted by Crippen LogP contribution is 2.30. The van der Waals surface area contributed by atoms with Crippen molar-refractivity contribution in [3.8, 4) is 0 Å². The van der Waals surface area contributed by atoms with Gasteiger partial charge in [-0.1, -0.05) is 30.7 Å². The summed E-state index contributed by atoms with van der Waals surface area (Å²) in [6, 6.07) is 6.39. The highest BCUT2D eigenvalue weighted by molar-refractivity contribution is 6.36. The van der Waals surface area contributed by atoms with E-state index in [0.717, 1.165) is 0 Å². The number of aliphatic carboxylic acids is 1. The number of carboxylic acid groups (broad SMARTS) is 1. The van der Waals surface area contributed by atoms with E-state index in [1.54, 1.807) is 52.0 Å². The number of halogens is 1. The molecule has 0 amide bonds. The van der Waals surface area contributed by atoms with Crippen molar-refractivity contribution in [1.29, 1.82) is 5.41 Å². The summed E-state index contributed by atoms with van der Waals surface area (Å²) in [4.78, 5) is 23.8. The largest absolute Gasteiger partial charge is 0.481 e. The van der Waals surface area contributed by atoms with E-state index in [9.17, 15) is 14.7 Å². The van der Waals surface area contributed by atoms with Crippen molar-refractivity contribution in [2.75, 3.05) is 0 Å². The Morgan fingerprint density at radius 1 is 1.26 bits per heavy atom. The second-order valence-corrected chi connectivity index (χ2v) is 6.73. The zero-order valence-corrected chi connectivity index (χ0v) is 14.5. The molecule has 2 atom stereocenters. The van der Waals surface area contributed by atoms with Gasteiger partial charge in [-0.2, -0.15) is 0 Å². The number of rotatable bonds is 6. The topological polar surface area (TPSA) is 87.5 Å². The zero-order chi connectivity index (χ0) is 17.8. The lowest BCUT2D eigenvalue weighted by molar-refractivity contribution is -0.146. The Hall–Kier alpha value is -1.88. The average molecular weight is 340 g/mol. The molecule has 0 saturated carbocycles. The van der Waals surface area contributed by atoms with Gasteiger partial charge in [0, 0.05) is 10.9 Å². The Bertz CT molecular complexity index is 590. The molecule has 0 fully saturated rings. The third kappa shape index (κ3) is 5.36. The van der Waals surface area contributed by atoms with E-state index in [-0.39, 0.29) is 5.71 Å². The Morgan fingerprint density at radius 3 is 2.17 bits per heavy atom. The van der Waals surface area contributed by atoms with Gasteiger partial charge in [0.1, 0.15) is 11.3 Å². The molecule has 0 aliphatic heterocycles.